The van der Waals surface area contributed by atoms with Crippen LogP contribution in [0.25, 0.3) is 0 Å². The molecule has 1 fully saturated rings. The number of pyridine rings is 1. The topological polar surface area (TPSA) is 54.0 Å². The number of aromatic nitrogens is 1. The van der Waals surface area contributed by atoms with Crippen molar-refractivity contribution in [2.45, 2.75) is 39.3 Å². The summed E-state index contributed by atoms with van der Waals surface area (Å²) < 4.78 is 0. The van der Waals surface area contributed by atoms with E-state index in [1.807, 2.05) is 19.2 Å². The maximum atomic E-state index is 12.0. The Kier molecular flexibility index (Phi) is 4.31. The first-order valence-corrected chi connectivity index (χ1v) is 6.57. The Balaban J connectivity index is 1.86. The summed E-state index contributed by atoms with van der Waals surface area (Å²) in [6.45, 7) is 5.73. The fourth-order valence-corrected chi connectivity index (χ4v) is 2.29. The summed E-state index contributed by atoms with van der Waals surface area (Å²) in [6.07, 6.45) is 5.67. The van der Waals surface area contributed by atoms with Gasteiger partial charge in [-0.15, -0.1) is 0 Å². The minimum absolute atomic E-state index is 0.0364. The molecule has 0 spiro atoms. The number of nitrogens with one attached hydrogen (secondary N) is 2. The summed E-state index contributed by atoms with van der Waals surface area (Å²) in [7, 11) is 0. The molecule has 1 aliphatic heterocycles. The van der Waals surface area contributed by atoms with E-state index in [1.165, 1.54) is 0 Å². The molecule has 2 heterocycles. The molecule has 2 rings (SSSR count). The first-order chi connectivity index (χ1) is 8.66. The molecule has 2 N–H and O–H groups in total. The Morgan fingerprint density at radius 3 is 3.17 bits per heavy atom. The van der Waals surface area contributed by atoms with E-state index in [4.69, 9.17) is 0 Å². The van der Waals surface area contributed by atoms with Gasteiger partial charge in [-0.25, -0.2) is 0 Å². The number of rotatable bonds is 3. The summed E-state index contributed by atoms with van der Waals surface area (Å²) in [5.41, 5.74) is 2.24. The molecule has 1 saturated heterocycles. The number of nitrogens with zero attached hydrogens (tertiary/aromatic N) is 1. The van der Waals surface area contributed by atoms with E-state index in [9.17, 15) is 4.79 Å². The fraction of sp³-hybridized carbons (Fsp3) is 0.571. The van der Waals surface area contributed by atoms with Crippen molar-refractivity contribution < 1.29 is 4.79 Å². The zero-order valence-electron chi connectivity index (χ0n) is 11.1. The number of hydrogen-bond donors (Lipinski definition) is 2. The molecule has 2 unspecified atom stereocenters. The summed E-state index contributed by atoms with van der Waals surface area (Å²) in [5, 5.41) is 6.26. The largest absolute Gasteiger partial charge is 0.351 e. The van der Waals surface area contributed by atoms with Gasteiger partial charge < -0.3 is 10.6 Å². The van der Waals surface area contributed by atoms with Gasteiger partial charge in [-0.1, -0.05) is 6.92 Å². The van der Waals surface area contributed by atoms with Gasteiger partial charge in [0, 0.05) is 18.9 Å². The lowest BCUT2D eigenvalue weighted by Gasteiger charge is -2.27. The Bertz CT molecular complexity index is 419. The third kappa shape index (κ3) is 3.29. The van der Waals surface area contributed by atoms with Crippen LogP contribution in [0.3, 0.4) is 0 Å². The second kappa shape index (κ2) is 5.96. The lowest BCUT2D eigenvalue weighted by molar-refractivity contribution is -0.124. The van der Waals surface area contributed by atoms with E-state index in [2.05, 4.69) is 22.5 Å². The van der Waals surface area contributed by atoms with E-state index in [1.54, 1.807) is 6.20 Å². The van der Waals surface area contributed by atoms with Gasteiger partial charge in [-0.05, 0) is 49.4 Å². The van der Waals surface area contributed by atoms with E-state index in [0.29, 0.717) is 12.5 Å². The molecular formula is C14H21N3O. The molecule has 0 radical (unpaired) electrons. The van der Waals surface area contributed by atoms with Crippen LogP contribution in [0.5, 0.6) is 0 Å². The Hall–Kier alpha value is -1.42. The molecule has 0 bridgehead atoms. The molecule has 4 nitrogen and oxygen atoms in total. The Morgan fingerprint density at radius 2 is 2.44 bits per heavy atom. The Labute approximate surface area is 108 Å². The standard InChI is InChI=1S/C14H21N3O/c1-10-3-6-16-13(7-10)14(18)17-9-12-8-15-5-4-11(12)2/h4-5,8,10,13,16H,3,6-7,9H2,1-2H3,(H,17,18). The molecule has 1 aromatic heterocycles. The molecule has 0 aliphatic carbocycles. The number of amides is 1. The zero-order valence-corrected chi connectivity index (χ0v) is 11.1. The second-order valence-corrected chi connectivity index (χ2v) is 5.16. The van der Waals surface area contributed by atoms with Gasteiger partial charge in [-0.3, -0.25) is 9.78 Å². The van der Waals surface area contributed by atoms with Crippen LogP contribution in [-0.4, -0.2) is 23.5 Å². The minimum Gasteiger partial charge on any atom is -0.351 e. The molecule has 2 atom stereocenters. The monoisotopic (exact) mass is 247 g/mol. The van der Waals surface area contributed by atoms with Gasteiger partial charge in [0.1, 0.15) is 0 Å². The summed E-state index contributed by atoms with van der Waals surface area (Å²) in [6, 6.07) is 1.92. The third-order valence-corrected chi connectivity index (χ3v) is 3.58. The van der Waals surface area contributed by atoms with E-state index in [0.717, 1.165) is 30.5 Å². The Morgan fingerprint density at radius 1 is 1.61 bits per heavy atom. The van der Waals surface area contributed by atoms with Crippen LogP contribution in [0.2, 0.25) is 0 Å². The van der Waals surface area contributed by atoms with Gasteiger partial charge in [-0.2, -0.15) is 0 Å². The van der Waals surface area contributed by atoms with Crippen molar-refractivity contribution in [2.24, 2.45) is 5.92 Å². The van der Waals surface area contributed by atoms with Crippen LogP contribution >= 0.6 is 0 Å². The molecule has 18 heavy (non-hydrogen) atoms. The highest BCUT2D eigenvalue weighted by atomic mass is 16.2. The molecule has 0 aromatic carbocycles. The zero-order chi connectivity index (χ0) is 13.0. The predicted molar refractivity (Wildman–Crippen MR) is 71.0 cm³/mol. The van der Waals surface area contributed by atoms with E-state index in [-0.39, 0.29) is 11.9 Å². The van der Waals surface area contributed by atoms with Crippen LogP contribution in [0, 0.1) is 12.8 Å². The minimum atomic E-state index is -0.0364. The molecule has 1 aliphatic rings. The number of carbonyl (C=O) groups is 1. The summed E-state index contributed by atoms with van der Waals surface area (Å²) >= 11 is 0. The molecule has 4 heteroatoms. The smallest absolute Gasteiger partial charge is 0.237 e. The van der Waals surface area contributed by atoms with E-state index >= 15 is 0 Å². The maximum absolute atomic E-state index is 12.0. The van der Waals surface area contributed by atoms with Crippen LogP contribution < -0.4 is 10.6 Å². The quantitative estimate of drug-likeness (QED) is 0.849. The van der Waals surface area contributed by atoms with Crippen molar-refractivity contribution in [3.63, 3.8) is 0 Å². The number of piperidine rings is 1. The summed E-state index contributed by atoms with van der Waals surface area (Å²) in [4.78, 5) is 16.1. The lowest BCUT2D eigenvalue weighted by Crippen LogP contribution is -2.48. The molecule has 0 saturated carbocycles. The van der Waals surface area contributed by atoms with Crippen molar-refractivity contribution in [1.82, 2.24) is 15.6 Å². The van der Waals surface area contributed by atoms with Gasteiger partial charge in [0.25, 0.3) is 0 Å². The number of aryl methyl sites for hydroxylation is 1. The number of hydrogen-bond acceptors (Lipinski definition) is 3. The van der Waals surface area contributed by atoms with Crippen molar-refractivity contribution in [2.75, 3.05) is 6.54 Å². The van der Waals surface area contributed by atoms with Gasteiger partial charge in [0.05, 0.1) is 6.04 Å². The lowest BCUT2D eigenvalue weighted by atomic mass is 9.94. The third-order valence-electron chi connectivity index (χ3n) is 3.58. The normalized spacial score (nSPS) is 23.7. The van der Waals surface area contributed by atoms with Crippen molar-refractivity contribution >= 4 is 5.91 Å². The van der Waals surface area contributed by atoms with Crippen molar-refractivity contribution in [1.29, 1.82) is 0 Å². The highest BCUT2D eigenvalue weighted by molar-refractivity contribution is 5.81. The molecule has 1 aromatic rings. The average Bonchev–Trinajstić information content (AvgIpc) is 2.37. The van der Waals surface area contributed by atoms with Crippen LogP contribution in [-0.2, 0) is 11.3 Å². The SMILES string of the molecule is Cc1ccncc1CNC(=O)C1CC(C)CCN1. The predicted octanol–water partition coefficient (Wildman–Crippen LogP) is 1.39. The number of carbonyl (C=O) groups excluding carboxylic acids is 1. The highest BCUT2D eigenvalue weighted by Crippen LogP contribution is 2.15. The van der Waals surface area contributed by atoms with Crippen LogP contribution in [0.1, 0.15) is 30.9 Å². The van der Waals surface area contributed by atoms with Crippen molar-refractivity contribution in [3.05, 3.63) is 29.6 Å². The fourth-order valence-electron chi connectivity index (χ4n) is 2.29. The molecular weight excluding hydrogens is 226 g/mol. The first kappa shape index (κ1) is 13.0. The molecule has 1 amide bonds. The second-order valence-electron chi connectivity index (χ2n) is 5.16. The van der Waals surface area contributed by atoms with Gasteiger partial charge in [0.15, 0.2) is 0 Å². The van der Waals surface area contributed by atoms with Gasteiger partial charge >= 0.3 is 0 Å². The van der Waals surface area contributed by atoms with Crippen LogP contribution in [0.15, 0.2) is 18.5 Å². The highest BCUT2D eigenvalue weighted by Gasteiger charge is 2.24. The summed E-state index contributed by atoms with van der Waals surface area (Å²) in [5.74, 6) is 0.729. The van der Waals surface area contributed by atoms with Crippen LogP contribution in [0.4, 0.5) is 0 Å². The maximum Gasteiger partial charge on any atom is 0.237 e. The average molecular weight is 247 g/mol. The van der Waals surface area contributed by atoms with E-state index < -0.39 is 0 Å². The van der Waals surface area contributed by atoms with Gasteiger partial charge in [0.2, 0.25) is 5.91 Å². The first-order valence-electron chi connectivity index (χ1n) is 6.57. The molecule has 98 valence electrons. The van der Waals surface area contributed by atoms with Crippen molar-refractivity contribution in [3.8, 4) is 0 Å².